The summed E-state index contributed by atoms with van der Waals surface area (Å²) in [6, 6.07) is 0.494. The molecule has 6 heteroatoms. The van der Waals surface area contributed by atoms with Gasteiger partial charge in [0.25, 0.3) is 0 Å². The van der Waals surface area contributed by atoms with Crippen LogP contribution in [0.15, 0.2) is 0 Å². The molecule has 3 heterocycles. The van der Waals surface area contributed by atoms with Crippen molar-refractivity contribution in [3.05, 3.63) is 0 Å². The number of hydrogen-bond donors (Lipinski definition) is 1. The van der Waals surface area contributed by atoms with Gasteiger partial charge in [0.2, 0.25) is 0 Å². The molecule has 3 aliphatic rings. The van der Waals surface area contributed by atoms with Crippen molar-refractivity contribution in [3.63, 3.8) is 0 Å². The first-order valence-corrected chi connectivity index (χ1v) is 11.2. The zero-order valence-electron chi connectivity index (χ0n) is 17.7. The van der Waals surface area contributed by atoms with E-state index in [0.717, 1.165) is 51.3 Å². The van der Waals surface area contributed by atoms with Gasteiger partial charge in [-0.3, -0.25) is 0 Å². The predicted octanol–water partition coefficient (Wildman–Crippen LogP) is 0.977. The fraction of sp³-hybridized carbons (Fsp3) is 1.00. The lowest BCUT2D eigenvalue weighted by molar-refractivity contribution is 0.0356. The fourth-order valence-electron chi connectivity index (χ4n) is 5.05. The van der Waals surface area contributed by atoms with Crippen LogP contribution >= 0.6 is 0 Å². The summed E-state index contributed by atoms with van der Waals surface area (Å²) >= 11 is 0. The van der Waals surface area contributed by atoms with E-state index in [1.807, 2.05) is 0 Å². The molecule has 0 radical (unpaired) electrons. The molecule has 6 nitrogen and oxygen atoms in total. The van der Waals surface area contributed by atoms with Gasteiger partial charge in [-0.1, -0.05) is 0 Å². The van der Waals surface area contributed by atoms with E-state index >= 15 is 0 Å². The molecule has 0 spiro atoms. The van der Waals surface area contributed by atoms with Crippen molar-refractivity contribution in [2.24, 2.45) is 11.8 Å². The lowest BCUT2D eigenvalue weighted by Gasteiger charge is -2.39. The third kappa shape index (κ3) is 7.59. The van der Waals surface area contributed by atoms with Crippen LogP contribution in [-0.2, 0) is 9.47 Å². The summed E-state index contributed by atoms with van der Waals surface area (Å²) in [7, 11) is 4.03. The minimum atomic E-state index is 0.494. The van der Waals surface area contributed by atoms with Crippen LogP contribution in [0.2, 0.25) is 0 Å². The van der Waals surface area contributed by atoms with Crippen molar-refractivity contribution in [1.82, 2.24) is 20.0 Å². The van der Waals surface area contributed by atoms with Crippen LogP contribution in [0.1, 0.15) is 25.7 Å². The normalized spacial score (nSPS) is 32.0. The Hall–Kier alpha value is -0.240. The minimum Gasteiger partial charge on any atom is -0.383 e. The van der Waals surface area contributed by atoms with Crippen LogP contribution in [-0.4, -0.2) is 114 Å². The third-order valence-corrected chi connectivity index (χ3v) is 6.47. The Bertz CT molecular complexity index is 412. The van der Waals surface area contributed by atoms with Crippen LogP contribution in [0.3, 0.4) is 0 Å². The van der Waals surface area contributed by atoms with E-state index in [1.165, 1.54) is 65.0 Å². The van der Waals surface area contributed by atoms with Crippen molar-refractivity contribution in [2.45, 2.75) is 31.7 Å². The number of nitrogens with zero attached hydrogens (tertiary/aromatic N) is 3. The van der Waals surface area contributed by atoms with E-state index < -0.39 is 0 Å². The molecule has 3 fully saturated rings. The lowest BCUT2D eigenvalue weighted by atomic mass is 9.97. The number of piperidine rings is 2. The Morgan fingerprint density at radius 1 is 0.926 bits per heavy atom. The van der Waals surface area contributed by atoms with Gasteiger partial charge in [-0.2, -0.15) is 0 Å². The number of piperazine rings is 1. The number of rotatable bonds is 9. The molecule has 1 N–H and O–H groups in total. The first-order valence-electron chi connectivity index (χ1n) is 11.2. The van der Waals surface area contributed by atoms with Gasteiger partial charge in [0.15, 0.2) is 0 Å². The molecule has 27 heavy (non-hydrogen) atoms. The maximum atomic E-state index is 6.12. The summed E-state index contributed by atoms with van der Waals surface area (Å²) in [6.07, 6.45) is 5.37. The molecule has 3 rings (SSSR count). The van der Waals surface area contributed by atoms with E-state index in [1.54, 1.807) is 7.11 Å². The predicted molar refractivity (Wildman–Crippen MR) is 110 cm³/mol. The third-order valence-electron chi connectivity index (χ3n) is 6.47. The average molecular weight is 383 g/mol. The van der Waals surface area contributed by atoms with E-state index in [0.29, 0.717) is 6.04 Å². The van der Waals surface area contributed by atoms with Gasteiger partial charge >= 0.3 is 0 Å². The van der Waals surface area contributed by atoms with Crippen molar-refractivity contribution < 1.29 is 9.47 Å². The first-order chi connectivity index (χ1) is 13.2. The topological polar surface area (TPSA) is 40.2 Å². The second-order valence-electron chi connectivity index (χ2n) is 9.02. The molecule has 0 aromatic heterocycles. The summed E-state index contributed by atoms with van der Waals surface area (Å²) in [5, 5.41) is 3.67. The largest absolute Gasteiger partial charge is 0.383 e. The number of methoxy groups -OCH3 is 1. The van der Waals surface area contributed by atoms with Crippen molar-refractivity contribution in [2.75, 3.05) is 92.9 Å². The molecule has 0 amide bonds. The lowest BCUT2D eigenvalue weighted by Crippen LogP contribution is -2.54. The summed E-state index contributed by atoms with van der Waals surface area (Å²) in [6.45, 7) is 13.3. The Morgan fingerprint density at radius 2 is 1.78 bits per heavy atom. The number of ether oxygens (including phenoxy) is 2. The summed E-state index contributed by atoms with van der Waals surface area (Å²) in [4.78, 5) is 7.70. The van der Waals surface area contributed by atoms with Crippen LogP contribution in [0.4, 0.5) is 0 Å². The van der Waals surface area contributed by atoms with Gasteiger partial charge in [0, 0.05) is 59.0 Å². The van der Waals surface area contributed by atoms with E-state index in [9.17, 15) is 0 Å². The van der Waals surface area contributed by atoms with Crippen LogP contribution in [0.25, 0.3) is 0 Å². The second kappa shape index (κ2) is 11.7. The van der Waals surface area contributed by atoms with Crippen LogP contribution in [0, 0.1) is 11.8 Å². The van der Waals surface area contributed by atoms with Crippen molar-refractivity contribution in [3.8, 4) is 0 Å². The zero-order valence-corrected chi connectivity index (χ0v) is 17.7. The summed E-state index contributed by atoms with van der Waals surface area (Å²) < 4.78 is 11.4. The van der Waals surface area contributed by atoms with E-state index in [-0.39, 0.29) is 0 Å². The van der Waals surface area contributed by atoms with Crippen LogP contribution in [0.5, 0.6) is 0 Å². The quantitative estimate of drug-likeness (QED) is 0.641. The fourth-order valence-corrected chi connectivity index (χ4v) is 5.05. The number of likely N-dealkylation sites (tertiary alicyclic amines) is 2. The minimum absolute atomic E-state index is 0.494. The molecular formula is C21H42N4O2. The Labute approximate surface area is 166 Å². The smallest absolute Gasteiger partial charge is 0.0632 e. The van der Waals surface area contributed by atoms with Gasteiger partial charge < -0.3 is 29.5 Å². The number of nitrogens with one attached hydrogen (secondary N) is 1. The average Bonchev–Trinajstić information content (AvgIpc) is 2.67. The molecule has 0 saturated carbocycles. The highest BCUT2D eigenvalue weighted by atomic mass is 16.5. The first kappa shape index (κ1) is 21.5. The van der Waals surface area contributed by atoms with Gasteiger partial charge in [0.05, 0.1) is 19.8 Å². The summed E-state index contributed by atoms with van der Waals surface area (Å²) in [5.74, 6) is 1.54. The Balaban J connectivity index is 1.32. The molecule has 0 aromatic rings. The van der Waals surface area contributed by atoms with E-state index in [4.69, 9.17) is 9.47 Å². The Morgan fingerprint density at radius 3 is 2.63 bits per heavy atom. The molecule has 3 aliphatic heterocycles. The molecule has 158 valence electrons. The van der Waals surface area contributed by atoms with Gasteiger partial charge in [-0.05, 0) is 57.7 Å². The van der Waals surface area contributed by atoms with E-state index in [2.05, 4.69) is 27.1 Å². The molecule has 0 aliphatic carbocycles. The maximum Gasteiger partial charge on any atom is 0.0632 e. The number of hydrogen-bond acceptors (Lipinski definition) is 6. The summed E-state index contributed by atoms with van der Waals surface area (Å²) in [5.41, 5.74) is 0. The second-order valence-corrected chi connectivity index (χ2v) is 9.02. The Kier molecular flexibility index (Phi) is 9.29. The van der Waals surface area contributed by atoms with Crippen molar-refractivity contribution >= 4 is 0 Å². The molecule has 3 saturated heterocycles. The van der Waals surface area contributed by atoms with Gasteiger partial charge in [-0.15, -0.1) is 0 Å². The maximum absolute atomic E-state index is 6.12. The SMILES string of the molecule is COCCN1CCCC(CN2CCNC(COCC3CCCN(C)C3)C2)C1. The molecule has 3 atom stereocenters. The highest BCUT2D eigenvalue weighted by molar-refractivity contribution is 4.82. The molecule has 0 bridgehead atoms. The van der Waals surface area contributed by atoms with Crippen molar-refractivity contribution in [1.29, 1.82) is 0 Å². The highest BCUT2D eigenvalue weighted by Gasteiger charge is 2.26. The molecule has 3 unspecified atom stereocenters. The van der Waals surface area contributed by atoms with Gasteiger partial charge in [-0.25, -0.2) is 0 Å². The monoisotopic (exact) mass is 382 g/mol. The molecule has 0 aromatic carbocycles. The highest BCUT2D eigenvalue weighted by Crippen LogP contribution is 2.19. The van der Waals surface area contributed by atoms with Crippen LogP contribution < -0.4 is 5.32 Å². The molecular weight excluding hydrogens is 340 g/mol. The van der Waals surface area contributed by atoms with Gasteiger partial charge in [0.1, 0.15) is 0 Å². The zero-order chi connectivity index (χ0) is 18.9. The standard InChI is InChI=1S/C21H42N4O2/c1-23-8-3-6-20(13-23)17-27-18-21-16-25(10-7-22-21)15-19-5-4-9-24(14-19)11-12-26-2/h19-22H,3-18H2,1-2H3.